The normalized spacial score (nSPS) is 9.67. The second-order valence-electron chi connectivity index (χ2n) is 3.20. The van der Waals surface area contributed by atoms with Gasteiger partial charge in [-0.15, -0.1) is 6.58 Å². The number of ketones is 1. The van der Waals surface area contributed by atoms with Crippen LogP contribution in [-0.4, -0.2) is 12.9 Å². The third-order valence-electron chi connectivity index (χ3n) is 2.13. The second kappa shape index (κ2) is 5.20. The van der Waals surface area contributed by atoms with E-state index in [0.717, 1.165) is 0 Å². The quantitative estimate of drug-likeness (QED) is 0.456. The first kappa shape index (κ1) is 11.3. The highest BCUT2D eigenvalue weighted by Crippen LogP contribution is 2.21. The zero-order chi connectivity index (χ0) is 11.3. The predicted octanol–water partition coefficient (Wildman–Crippen LogP) is 2.43. The van der Waals surface area contributed by atoms with Crippen molar-refractivity contribution in [2.75, 3.05) is 12.8 Å². The van der Waals surface area contributed by atoms with Gasteiger partial charge in [0.25, 0.3) is 0 Å². The highest BCUT2D eigenvalue weighted by molar-refractivity contribution is 6.01. The summed E-state index contributed by atoms with van der Waals surface area (Å²) in [6.45, 7) is 3.57. The van der Waals surface area contributed by atoms with E-state index in [4.69, 9.17) is 10.5 Å². The zero-order valence-electron chi connectivity index (χ0n) is 8.82. The monoisotopic (exact) mass is 205 g/mol. The van der Waals surface area contributed by atoms with Crippen molar-refractivity contribution in [1.29, 1.82) is 0 Å². The molecule has 3 heteroatoms. The number of benzene rings is 1. The first-order valence-corrected chi connectivity index (χ1v) is 4.76. The molecule has 0 aliphatic heterocycles. The average molecular weight is 205 g/mol. The molecule has 15 heavy (non-hydrogen) atoms. The summed E-state index contributed by atoms with van der Waals surface area (Å²) in [4.78, 5) is 11.7. The SMILES string of the molecule is C=CCCC(=O)c1ccc(OC)cc1N. The molecule has 0 atom stereocenters. The Kier molecular flexibility index (Phi) is 3.92. The largest absolute Gasteiger partial charge is 0.497 e. The number of allylic oxidation sites excluding steroid dienone is 1. The fourth-order valence-electron chi connectivity index (χ4n) is 1.29. The molecule has 3 nitrogen and oxygen atoms in total. The predicted molar refractivity (Wildman–Crippen MR) is 61.2 cm³/mol. The van der Waals surface area contributed by atoms with Crippen molar-refractivity contribution in [3.63, 3.8) is 0 Å². The fraction of sp³-hybridized carbons (Fsp3) is 0.250. The molecule has 0 saturated carbocycles. The highest BCUT2D eigenvalue weighted by Gasteiger charge is 2.09. The Hall–Kier alpha value is -1.77. The van der Waals surface area contributed by atoms with Crippen molar-refractivity contribution >= 4 is 11.5 Å². The number of nitrogens with two attached hydrogens (primary N) is 1. The van der Waals surface area contributed by atoms with Crippen LogP contribution in [0.4, 0.5) is 5.69 Å². The summed E-state index contributed by atoms with van der Waals surface area (Å²) in [5.41, 5.74) is 6.76. The van der Waals surface area contributed by atoms with Gasteiger partial charge >= 0.3 is 0 Å². The van der Waals surface area contributed by atoms with Gasteiger partial charge < -0.3 is 10.5 Å². The van der Waals surface area contributed by atoms with Gasteiger partial charge in [0.2, 0.25) is 0 Å². The first-order chi connectivity index (χ1) is 7.19. The standard InChI is InChI=1S/C12H15NO2/c1-3-4-5-12(14)10-7-6-9(15-2)8-11(10)13/h3,6-8H,1,4-5,13H2,2H3. The number of carbonyl (C=O) groups is 1. The Morgan fingerprint density at radius 3 is 2.87 bits per heavy atom. The Morgan fingerprint density at radius 1 is 1.60 bits per heavy atom. The van der Waals surface area contributed by atoms with Crippen molar-refractivity contribution in [2.45, 2.75) is 12.8 Å². The van der Waals surface area contributed by atoms with Crippen molar-refractivity contribution in [2.24, 2.45) is 0 Å². The van der Waals surface area contributed by atoms with Crippen LogP contribution < -0.4 is 10.5 Å². The van der Waals surface area contributed by atoms with E-state index in [1.807, 2.05) is 0 Å². The van der Waals surface area contributed by atoms with Crippen LogP contribution in [-0.2, 0) is 0 Å². The van der Waals surface area contributed by atoms with Crippen molar-refractivity contribution < 1.29 is 9.53 Å². The third-order valence-corrected chi connectivity index (χ3v) is 2.13. The Bertz CT molecular complexity index is 372. The molecule has 0 unspecified atom stereocenters. The topological polar surface area (TPSA) is 52.3 Å². The molecule has 1 aromatic carbocycles. The maximum absolute atomic E-state index is 11.7. The van der Waals surface area contributed by atoms with Gasteiger partial charge in [0.15, 0.2) is 5.78 Å². The van der Waals surface area contributed by atoms with E-state index in [1.54, 1.807) is 31.4 Å². The number of anilines is 1. The summed E-state index contributed by atoms with van der Waals surface area (Å²) in [7, 11) is 1.56. The van der Waals surface area contributed by atoms with Crippen LogP contribution in [0, 0.1) is 0 Å². The number of nitrogen functional groups attached to an aromatic ring is 1. The summed E-state index contributed by atoms with van der Waals surface area (Å²) in [6.07, 6.45) is 2.84. The maximum atomic E-state index is 11.7. The molecule has 0 fully saturated rings. The van der Waals surface area contributed by atoms with Crippen molar-refractivity contribution in [1.82, 2.24) is 0 Å². The lowest BCUT2D eigenvalue weighted by Gasteiger charge is -2.06. The zero-order valence-corrected chi connectivity index (χ0v) is 8.82. The molecule has 1 aromatic rings. The number of hydrogen-bond acceptors (Lipinski definition) is 3. The molecule has 0 aliphatic carbocycles. The summed E-state index contributed by atoms with van der Waals surface area (Å²) in [6, 6.07) is 5.08. The van der Waals surface area contributed by atoms with Crippen molar-refractivity contribution in [3.05, 3.63) is 36.4 Å². The number of methoxy groups -OCH3 is 1. The van der Waals surface area contributed by atoms with E-state index in [2.05, 4.69) is 6.58 Å². The van der Waals surface area contributed by atoms with E-state index < -0.39 is 0 Å². The minimum atomic E-state index is 0.0371. The number of rotatable bonds is 5. The van der Waals surface area contributed by atoms with E-state index in [-0.39, 0.29) is 5.78 Å². The van der Waals surface area contributed by atoms with Gasteiger partial charge in [0.05, 0.1) is 7.11 Å². The van der Waals surface area contributed by atoms with E-state index >= 15 is 0 Å². The minimum absolute atomic E-state index is 0.0371. The molecule has 0 saturated heterocycles. The lowest BCUT2D eigenvalue weighted by molar-refractivity contribution is 0.0984. The van der Waals surface area contributed by atoms with Crippen LogP contribution in [0.5, 0.6) is 5.75 Å². The molecule has 0 spiro atoms. The molecular formula is C12H15NO2. The van der Waals surface area contributed by atoms with Crippen LogP contribution in [0.25, 0.3) is 0 Å². The molecule has 1 rings (SSSR count). The Balaban J connectivity index is 2.85. The smallest absolute Gasteiger partial charge is 0.165 e. The Labute approximate surface area is 89.5 Å². The van der Waals surface area contributed by atoms with Gasteiger partial charge in [-0.3, -0.25) is 4.79 Å². The van der Waals surface area contributed by atoms with E-state index in [0.29, 0.717) is 29.8 Å². The van der Waals surface area contributed by atoms with Gasteiger partial charge in [-0.05, 0) is 18.6 Å². The summed E-state index contributed by atoms with van der Waals surface area (Å²) < 4.78 is 5.00. The summed E-state index contributed by atoms with van der Waals surface area (Å²) in [5.74, 6) is 0.697. The summed E-state index contributed by atoms with van der Waals surface area (Å²) in [5, 5.41) is 0. The van der Waals surface area contributed by atoms with Crippen LogP contribution in [0.2, 0.25) is 0 Å². The molecule has 0 amide bonds. The summed E-state index contributed by atoms with van der Waals surface area (Å²) >= 11 is 0. The molecule has 2 N–H and O–H groups in total. The van der Waals surface area contributed by atoms with Gasteiger partial charge in [-0.1, -0.05) is 6.08 Å². The molecule has 0 aromatic heterocycles. The maximum Gasteiger partial charge on any atom is 0.165 e. The Morgan fingerprint density at radius 2 is 2.33 bits per heavy atom. The molecule has 80 valence electrons. The lowest BCUT2D eigenvalue weighted by Crippen LogP contribution is -2.03. The minimum Gasteiger partial charge on any atom is -0.497 e. The molecule has 0 bridgehead atoms. The van der Waals surface area contributed by atoms with Crippen LogP contribution in [0.1, 0.15) is 23.2 Å². The highest BCUT2D eigenvalue weighted by atomic mass is 16.5. The number of carbonyl (C=O) groups excluding carboxylic acids is 1. The number of Topliss-reactive ketones (excluding diaryl/α,β-unsaturated/α-hetero) is 1. The lowest BCUT2D eigenvalue weighted by atomic mass is 10.0. The van der Waals surface area contributed by atoms with Crippen LogP contribution >= 0.6 is 0 Å². The van der Waals surface area contributed by atoms with Gasteiger partial charge in [0, 0.05) is 23.7 Å². The van der Waals surface area contributed by atoms with Gasteiger partial charge in [0.1, 0.15) is 5.75 Å². The van der Waals surface area contributed by atoms with E-state index in [9.17, 15) is 4.79 Å². The van der Waals surface area contributed by atoms with Crippen LogP contribution in [0.15, 0.2) is 30.9 Å². The van der Waals surface area contributed by atoms with Crippen LogP contribution in [0.3, 0.4) is 0 Å². The molecular weight excluding hydrogens is 190 g/mol. The second-order valence-corrected chi connectivity index (χ2v) is 3.20. The average Bonchev–Trinajstić information content (AvgIpc) is 2.25. The number of ether oxygens (including phenoxy) is 1. The molecule has 0 heterocycles. The molecule has 0 aliphatic rings. The first-order valence-electron chi connectivity index (χ1n) is 4.76. The third kappa shape index (κ3) is 2.84. The van der Waals surface area contributed by atoms with Gasteiger partial charge in [-0.2, -0.15) is 0 Å². The van der Waals surface area contributed by atoms with Gasteiger partial charge in [-0.25, -0.2) is 0 Å². The molecule has 0 radical (unpaired) electrons. The number of hydrogen-bond donors (Lipinski definition) is 1. The van der Waals surface area contributed by atoms with E-state index in [1.165, 1.54) is 0 Å². The fourth-order valence-corrected chi connectivity index (χ4v) is 1.29. The van der Waals surface area contributed by atoms with Crippen molar-refractivity contribution in [3.8, 4) is 5.75 Å².